The van der Waals surface area contributed by atoms with Crippen molar-refractivity contribution in [1.29, 1.82) is 0 Å². The minimum Gasteiger partial charge on any atom is -0.508 e. The summed E-state index contributed by atoms with van der Waals surface area (Å²) in [4.78, 5) is 40.2. The Hall–Kier alpha value is -2.81. The molecule has 2 rings (SSSR count). The molecule has 1 aromatic carbocycles. The zero-order valence-electron chi connectivity index (χ0n) is 20.0. The van der Waals surface area contributed by atoms with Crippen LogP contribution in [0, 0.1) is 0 Å². The van der Waals surface area contributed by atoms with Crippen LogP contribution in [0.1, 0.15) is 71.4 Å². The number of hydrogen-bond donors (Lipinski definition) is 4. The number of carbonyl (C=O) groups is 3. The molecule has 0 saturated heterocycles. The molecule has 2 unspecified atom stereocenters. The van der Waals surface area contributed by atoms with Crippen LogP contribution in [0.4, 0.5) is 4.79 Å². The lowest BCUT2D eigenvalue weighted by molar-refractivity contribution is -0.143. The maximum atomic E-state index is 13.4. The molecule has 1 aliphatic carbocycles. The molecule has 4 N–H and O–H groups in total. The lowest BCUT2D eigenvalue weighted by atomic mass is 9.94. The molecule has 1 aliphatic rings. The van der Waals surface area contributed by atoms with Gasteiger partial charge < -0.3 is 30.5 Å². The van der Waals surface area contributed by atoms with Gasteiger partial charge in [-0.1, -0.05) is 31.4 Å². The van der Waals surface area contributed by atoms with Crippen LogP contribution >= 0.6 is 0 Å². The number of benzene rings is 1. The van der Waals surface area contributed by atoms with Crippen LogP contribution in [0.5, 0.6) is 5.75 Å². The number of carbonyl (C=O) groups excluding carboxylic acids is 3. The monoisotopic (exact) mass is 463 g/mol. The number of rotatable bonds is 8. The van der Waals surface area contributed by atoms with E-state index >= 15 is 0 Å². The van der Waals surface area contributed by atoms with Gasteiger partial charge >= 0.3 is 6.09 Å². The van der Waals surface area contributed by atoms with E-state index in [0.717, 1.165) is 32.1 Å². The number of nitrogens with one attached hydrogen (secondary N) is 2. The summed E-state index contributed by atoms with van der Waals surface area (Å²) in [6.07, 6.45) is 4.15. The summed E-state index contributed by atoms with van der Waals surface area (Å²) in [5.41, 5.74) is -0.253. The van der Waals surface area contributed by atoms with Gasteiger partial charge in [-0.3, -0.25) is 9.59 Å². The Balaban J connectivity index is 2.28. The van der Waals surface area contributed by atoms with Gasteiger partial charge in [-0.2, -0.15) is 0 Å². The first-order chi connectivity index (χ1) is 15.6. The van der Waals surface area contributed by atoms with E-state index in [9.17, 15) is 24.6 Å². The van der Waals surface area contributed by atoms with Gasteiger partial charge in [0.05, 0.1) is 6.61 Å². The van der Waals surface area contributed by atoms with Crippen molar-refractivity contribution in [2.75, 3.05) is 13.2 Å². The fraction of sp³-hybridized carbons (Fsp3) is 0.625. The molecule has 184 valence electrons. The Morgan fingerprint density at radius 2 is 1.73 bits per heavy atom. The van der Waals surface area contributed by atoms with Crippen molar-refractivity contribution in [2.24, 2.45) is 0 Å². The maximum absolute atomic E-state index is 13.4. The summed E-state index contributed by atoms with van der Waals surface area (Å²) in [5.74, 6) is -0.904. The minimum absolute atomic E-state index is 0.0354. The van der Waals surface area contributed by atoms with Gasteiger partial charge in [-0.25, -0.2) is 4.79 Å². The Morgan fingerprint density at radius 3 is 2.24 bits per heavy atom. The molecule has 0 aromatic heterocycles. The molecule has 0 radical (unpaired) electrons. The van der Waals surface area contributed by atoms with E-state index in [1.54, 1.807) is 39.8 Å². The van der Waals surface area contributed by atoms with Gasteiger partial charge in [0.1, 0.15) is 23.4 Å². The van der Waals surface area contributed by atoms with E-state index in [-0.39, 0.29) is 24.2 Å². The van der Waals surface area contributed by atoms with Crippen LogP contribution in [-0.2, 0) is 14.3 Å². The second-order valence-electron chi connectivity index (χ2n) is 9.34. The molecule has 2 atom stereocenters. The molecule has 0 spiro atoms. The Kier molecular flexibility index (Phi) is 9.52. The standard InChI is InChI=1S/C24H37N3O6/c1-5-27(22(31)19(15-28)26-23(32)33-24(2,3)4)20(16-11-13-18(29)14-12-16)21(30)25-17-9-7-6-8-10-17/h11-14,17,19-20,28-29H,5-10,15H2,1-4H3,(H,25,30)(H,26,32). The highest BCUT2D eigenvalue weighted by atomic mass is 16.6. The molecular weight excluding hydrogens is 426 g/mol. The topological polar surface area (TPSA) is 128 Å². The molecular formula is C24H37N3O6. The summed E-state index contributed by atoms with van der Waals surface area (Å²) < 4.78 is 5.20. The third-order valence-corrected chi connectivity index (χ3v) is 5.52. The zero-order chi connectivity index (χ0) is 24.6. The van der Waals surface area contributed by atoms with E-state index in [4.69, 9.17) is 4.74 Å². The third kappa shape index (κ3) is 7.92. The number of aliphatic hydroxyl groups excluding tert-OH is 1. The van der Waals surface area contributed by atoms with Gasteiger partial charge in [-0.15, -0.1) is 0 Å². The predicted octanol–water partition coefficient (Wildman–Crippen LogP) is 2.62. The van der Waals surface area contributed by atoms with Crippen molar-refractivity contribution < 1.29 is 29.3 Å². The van der Waals surface area contributed by atoms with Crippen molar-refractivity contribution in [3.63, 3.8) is 0 Å². The van der Waals surface area contributed by atoms with Gasteiger partial charge in [-0.05, 0) is 58.2 Å². The normalized spacial score (nSPS) is 16.4. The highest BCUT2D eigenvalue weighted by Gasteiger charge is 2.36. The van der Waals surface area contributed by atoms with Gasteiger partial charge in [0, 0.05) is 12.6 Å². The first-order valence-corrected chi connectivity index (χ1v) is 11.6. The van der Waals surface area contributed by atoms with Gasteiger partial charge in [0.15, 0.2) is 0 Å². The van der Waals surface area contributed by atoms with E-state index in [1.807, 2.05) is 0 Å². The third-order valence-electron chi connectivity index (χ3n) is 5.52. The van der Waals surface area contributed by atoms with Crippen molar-refractivity contribution in [3.05, 3.63) is 29.8 Å². The smallest absolute Gasteiger partial charge is 0.408 e. The van der Waals surface area contributed by atoms with E-state index in [1.165, 1.54) is 17.0 Å². The van der Waals surface area contributed by atoms with Crippen molar-refractivity contribution >= 4 is 17.9 Å². The van der Waals surface area contributed by atoms with Crippen LogP contribution < -0.4 is 10.6 Å². The number of phenolic OH excluding ortho intramolecular Hbond substituents is 1. The number of nitrogens with zero attached hydrogens (tertiary/aromatic N) is 1. The molecule has 1 fully saturated rings. The average molecular weight is 464 g/mol. The number of phenols is 1. The molecule has 0 bridgehead atoms. The quantitative estimate of drug-likeness (QED) is 0.469. The number of likely N-dealkylation sites (N-methyl/N-ethyl adjacent to an activating group) is 1. The van der Waals surface area contributed by atoms with Crippen molar-refractivity contribution in [2.45, 2.75) is 83.5 Å². The summed E-state index contributed by atoms with van der Waals surface area (Å²) in [6.45, 7) is 6.31. The Labute approximate surface area is 195 Å². The first kappa shape index (κ1) is 26.4. The lowest BCUT2D eigenvalue weighted by Gasteiger charge is -2.34. The lowest BCUT2D eigenvalue weighted by Crippen LogP contribution is -2.55. The Bertz CT molecular complexity index is 799. The summed E-state index contributed by atoms with van der Waals surface area (Å²) in [5, 5.41) is 25.0. The zero-order valence-corrected chi connectivity index (χ0v) is 20.0. The predicted molar refractivity (Wildman–Crippen MR) is 123 cm³/mol. The summed E-state index contributed by atoms with van der Waals surface area (Å²) >= 11 is 0. The molecule has 1 saturated carbocycles. The average Bonchev–Trinajstić information content (AvgIpc) is 2.75. The Morgan fingerprint density at radius 1 is 1.12 bits per heavy atom. The van der Waals surface area contributed by atoms with Crippen LogP contribution in [0.3, 0.4) is 0 Å². The fourth-order valence-electron chi connectivity index (χ4n) is 3.96. The van der Waals surface area contributed by atoms with Crippen LogP contribution in [-0.4, -0.2) is 63.9 Å². The van der Waals surface area contributed by atoms with Gasteiger partial charge in [0.25, 0.3) is 0 Å². The molecule has 3 amide bonds. The minimum atomic E-state index is -1.28. The molecule has 1 aromatic rings. The number of aliphatic hydroxyl groups is 1. The largest absolute Gasteiger partial charge is 0.508 e. The van der Waals surface area contributed by atoms with Crippen LogP contribution in [0.15, 0.2) is 24.3 Å². The molecule has 0 heterocycles. The summed E-state index contributed by atoms with van der Waals surface area (Å²) in [6, 6.07) is 3.86. The van der Waals surface area contributed by atoms with Crippen molar-refractivity contribution in [1.82, 2.24) is 15.5 Å². The van der Waals surface area contributed by atoms with E-state index in [2.05, 4.69) is 10.6 Å². The number of alkyl carbamates (subject to hydrolysis) is 1. The number of hydrogen-bond acceptors (Lipinski definition) is 6. The van der Waals surface area contributed by atoms with Crippen LogP contribution in [0.2, 0.25) is 0 Å². The molecule has 9 heteroatoms. The molecule has 33 heavy (non-hydrogen) atoms. The van der Waals surface area contributed by atoms with E-state index in [0.29, 0.717) is 5.56 Å². The fourth-order valence-corrected chi connectivity index (χ4v) is 3.96. The highest BCUT2D eigenvalue weighted by molar-refractivity contribution is 5.92. The maximum Gasteiger partial charge on any atom is 0.408 e. The highest BCUT2D eigenvalue weighted by Crippen LogP contribution is 2.26. The van der Waals surface area contributed by atoms with Crippen LogP contribution in [0.25, 0.3) is 0 Å². The van der Waals surface area contributed by atoms with E-state index < -0.39 is 36.3 Å². The molecule has 9 nitrogen and oxygen atoms in total. The number of aromatic hydroxyl groups is 1. The SMILES string of the molecule is CCN(C(=O)C(CO)NC(=O)OC(C)(C)C)C(C(=O)NC1CCCCC1)c1ccc(O)cc1. The number of amides is 3. The summed E-state index contributed by atoms with van der Waals surface area (Å²) in [7, 11) is 0. The second-order valence-corrected chi connectivity index (χ2v) is 9.34. The first-order valence-electron chi connectivity index (χ1n) is 11.6. The second kappa shape index (κ2) is 11.9. The molecule has 0 aliphatic heterocycles. The number of ether oxygens (including phenoxy) is 1. The van der Waals surface area contributed by atoms with Gasteiger partial charge in [0.2, 0.25) is 11.8 Å². The van der Waals surface area contributed by atoms with Crippen molar-refractivity contribution in [3.8, 4) is 5.75 Å².